The summed E-state index contributed by atoms with van der Waals surface area (Å²) in [5, 5.41) is 3.73. The van der Waals surface area contributed by atoms with E-state index in [1.807, 2.05) is 4.90 Å². The molecule has 1 N–H and O–H groups in total. The number of rotatable bonds is 9. The van der Waals surface area contributed by atoms with Crippen LogP contribution in [0.25, 0.3) is 0 Å². The van der Waals surface area contributed by atoms with Crippen LogP contribution in [-0.4, -0.2) is 64.7 Å². The summed E-state index contributed by atoms with van der Waals surface area (Å²) in [4.78, 5) is 37.3. The average Bonchev–Trinajstić information content (AvgIpc) is 2.65. The van der Waals surface area contributed by atoms with Crippen molar-refractivity contribution in [3.63, 3.8) is 0 Å². The highest BCUT2D eigenvalue weighted by molar-refractivity contribution is 7.99. The zero-order valence-electron chi connectivity index (χ0n) is 17.8. The number of piperazine rings is 1. The maximum atomic E-state index is 12.4. The molecule has 1 aliphatic heterocycles. The monoisotopic (exact) mass is 441 g/mol. The molecule has 0 saturated carbocycles. The first-order chi connectivity index (χ1) is 13.8. The summed E-state index contributed by atoms with van der Waals surface area (Å²) in [5.74, 6) is 1.53. The van der Waals surface area contributed by atoms with E-state index in [0.717, 1.165) is 18.7 Å². The highest BCUT2D eigenvalue weighted by Crippen LogP contribution is 2.24. The predicted octanol–water partition coefficient (Wildman–Crippen LogP) is 3.22. The Hall–Kier alpha value is -1.54. The molecule has 0 spiro atoms. The number of nitrogens with one attached hydrogen (secondary N) is 1. The molecule has 1 aromatic heterocycles. The molecule has 162 valence electrons. The molecule has 1 aliphatic rings. The van der Waals surface area contributed by atoms with Crippen molar-refractivity contribution < 1.29 is 9.59 Å². The Bertz CT molecular complexity index is 703. The number of aromatic nitrogens is 2. The van der Waals surface area contributed by atoms with E-state index < -0.39 is 0 Å². The number of anilines is 1. The van der Waals surface area contributed by atoms with Gasteiger partial charge in [-0.15, -0.1) is 0 Å². The maximum absolute atomic E-state index is 12.4. The third kappa shape index (κ3) is 7.66. The summed E-state index contributed by atoms with van der Waals surface area (Å²) in [6.45, 7) is 11.0. The summed E-state index contributed by atoms with van der Waals surface area (Å²) < 4.78 is 0. The maximum Gasteiger partial charge on any atom is 0.230 e. The molecule has 9 heteroatoms. The van der Waals surface area contributed by atoms with Crippen molar-refractivity contribution in [3.8, 4) is 0 Å². The first-order valence-electron chi connectivity index (χ1n) is 10.3. The van der Waals surface area contributed by atoms with E-state index in [2.05, 4.69) is 47.9 Å². The van der Waals surface area contributed by atoms with Crippen molar-refractivity contribution in [3.05, 3.63) is 11.2 Å². The third-order valence-electron chi connectivity index (χ3n) is 4.70. The van der Waals surface area contributed by atoms with Crippen LogP contribution in [0.1, 0.15) is 47.0 Å². The fraction of sp³-hybridized carbons (Fsp3) is 0.700. The number of amides is 2. The van der Waals surface area contributed by atoms with Crippen LogP contribution in [-0.2, 0) is 9.59 Å². The van der Waals surface area contributed by atoms with Crippen molar-refractivity contribution in [2.24, 2.45) is 5.92 Å². The lowest BCUT2D eigenvalue weighted by Crippen LogP contribution is -2.54. The molecule has 1 fully saturated rings. The number of hydrogen-bond donors (Lipinski definition) is 1. The number of unbranched alkanes of at least 4 members (excludes halogenated alkanes) is 1. The van der Waals surface area contributed by atoms with Gasteiger partial charge in [-0.2, -0.15) is 0 Å². The van der Waals surface area contributed by atoms with Gasteiger partial charge in [-0.25, -0.2) is 9.97 Å². The van der Waals surface area contributed by atoms with Gasteiger partial charge in [-0.1, -0.05) is 50.6 Å². The van der Waals surface area contributed by atoms with Gasteiger partial charge in [0, 0.05) is 44.7 Å². The molecule has 2 heterocycles. The highest BCUT2D eigenvalue weighted by Gasteiger charge is 2.28. The van der Waals surface area contributed by atoms with E-state index in [-0.39, 0.29) is 23.6 Å². The molecule has 0 radical (unpaired) electrons. The average molecular weight is 442 g/mol. The van der Waals surface area contributed by atoms with Crippen molar-refractivity contribution in [2.75, 3.05) is 36.8 Å². The van der Waals surface area contributed by atoms with Gasteiger partial charge in [-0.05, 0) is 19.3 Å². The Balaban J connectivity index is 1.96. The second-order valence-electron chi connectivity index (χ2n) is 7.80. The summed E-state index contributed by atoms with van der Waals surface area (Å²) in [6.07, 6.45) is 2.59. The quantitative estimate of drug-likeness (QED) is 0.274. The molecule has 0 aliphatic carbocycles. The van der Waals surface area contributed by atoms with Gasteiger partial charge < -0.3 is 15.1 Å². The SMILES string of the molecule is CCCCNC(=O)CSc1nc(Cl)cc(N2CCN(C(=O)CC(C)C)C(C)C2)n1. The minimum atomic E-state index is -0.0283. The van der Waals surface area contributed by atoms with Crippen LogP contribution in [0.4, 0.5) is 5.82 Å². The first kappa shape index (κ1) is 23.7. The minimum absolute atomic E-state index is 0.0283. The Labute approximate surface area is 183 Å². The number of carbonyl (C=O) groups excluding carboxylic acids is 2. The van der Waals surface area contributed by atoms with E-state index in [1.165, 1.54) is 11.8 Å². The topological polar surface area (TPSA) is 78.4 Å². The summed E-state index contributed by atoms with van der Waals surface area (Å²) >= 11 is 7.49. The predicted molar refractivity (Wildman–Crippen MR) is 119 cm³/mol. The molecule has 1 saturated heterocycles. The molecule has 0 aromatic carbocycles. The molecule has 2 rings (SSSR count). The number of nitrogens with zero attached hydrogens (tertiary/aromatic N) is 4. The van der Waals surface area contributed by atoms with E-state index in [9.17, 15) is 9.59 Å². The molecule has 29 heavy (non-hydrogen) atoms. The molecule has 0 bridgehead atoms. The Morgan fingerprint density at radius 2 is 2.10 bits per heavy atom. The highest BCUT2D eigenvalue weighted by atomic mass is 35.5. The van der Waals surface area contributed by atoms with Crippen LogP contribution in [0, 0.1) is 5.92 Å². The van der Waals surface area contributed by atoms with Gasteiger partial charge in [0.1, 0.15) is 11.0 Å². The van der Waals surface area contributed by atoms with Crippen LogP contribution >= 0.6 is 23.4 Å². The second kappa shape index (κ2) is 11.6. The lowest BCUT2D eigenvalue weighted by molar-refractivity contribution is -0.134. The number of carbonyl (C=O) groups is 2. The molecule has 7 nitrogen and oxygen atoms in total. The van der Waals surface area contributed by atoms with Gasteiger partial charge in [0.2, 0.25) is 11.8 Å². The fourth-order valence-corrected chi connectivity index (χ4v) is 4.11. The Kier molecular flexibility index (Phi) is 9.49. The lowest BCUT2D eigenvalue weighted by atomic mass is 10.1. The fourth-order valence-electron chi connectivity index (χ4n) is 3.20. The van der Waals surface area contributed by atoms with Gasteiger partial charge >= 0.3 is 0 Å². The zero-order valence-corrected chi connectivity index (χ0v) is 19.4. The minimum Gasteiger partial charge on any atom is -0.355 e. The molecule has 1 atom stereocenters. The molecule has 1 aromatic rings. The summed E-state index contributed by atoms with van der Waals surface area (Å²) in [5.41, 5.74) is 0. The van der Waals surface area contributed by atoms with Gasteiger partial charge in [0.15, 0.2) is 5.16 Å². The van der Waals surface area contributed by atoms with Crippen molar-refractivity contribution in [1.29, 1.82) is 0 Å². The van der Waals surface area contributed by atoms with Crippen molar-refractivity contribution in [2.45, 2.75) is 58.2 Å². The van der Waals surface area contributed by atoms with Crippen molar-refractivity contribution in [1.82, 2.24) is 20.2 Å². The lowest BCUT2D eigenvalue weighted by Gasteiger charge is -2.40. The van der Waals surface area contributed by atoms with Crippen LogP contribution in [0.3, 0.4) is 0 Å². The zero-order chi connectivity index (χ0) is 21.4. The van der Waals surface area contributed by atoms with E-state index in [1.54, 1.807) is 6.07 Å². The number of halogens is 1. The second-order valence-corrected chi connectivity index (χ2v) is 9.13. The van der Waals surface area contributed by atoms with Gasteiger partial charge in [0.25, 0.3) is 0 Å². The standard InChI is InChI=1S/C20H32ClN5O2S/c1-5-6-7-22-18(27)13-29-20-23-16(21)11-17(24-20)25-8-9-26(15(4)12-25)19(28)10-14(2)3/h11,14-15H,5-10,12-13H2,1-4H3,(H,22,27). The summed E-state index contributed by atoms with van der Waals surface area (Å²) in [7, 11) is 0. The third-order valence-corrected chi connectivity index (χ3v) is 5.74. The van der Waals surface area contributed by atoms with Crippen LogP contribution in [0.5, 0.6) is 0 Å². The largest absolute Gasteiger partial charge is 0.355 e. The van der Waals surface area contributed by atoms with Crippen LogP contribution in [0.15, 0.2) is 11.2 Å². The number of thioether (sulfide) groups is 1. The van der Waals surface area contributed by atoms with Gasteiger partial charge in [0.05, 0.1) is 5.75 Å². The van der Waals surface area contributed by atoms with E-state index in [0.29, 0.717) is 48.8 Å². The smallest absolute Gasteiger partial charge is 0.230 e. The van der Waals surface area contributed by atoms with Gasteiger partial charge in [-0.3, -0.25) is 9.59 Å². The van der Waals surface area contributed by atoms with Crippen LogP contribution < -0.4 is 10.2 Å². The first-order valence-corrected chi connectivity index (χ1v) is 11.6. The Morgan fingerprint density at radius 1 is 1.34 bits per heavy atom. The van der Waals surface area contributed by atoms with E-state index in [4.69, 9.17) is 11.6 Å². The summed E-state index contributed by atoms with van der Waals surface area (Å²) in [6, 6.07) is 1.84. The molecular weight excluding hydrogens is 410 g/mol. The van der Waals surface area contributed by atoms with E-state index >= 15 is 0 Å². The molecule has 2 amide bonds. The van der Waals surface area contributed by atoms with Crippen molar-refractivity contribution >= 4 is 41.0 Å². The molecular formula is C20H32ClN5O2S. The number of hydrogen-bond acceptors (Lipinski definition) is 6. The van der Waals surface area contributed by atoms with Crippen LogP contribution in [0.2, 0.25) is 5.15 Å². The molecule has 1 unspecified atom stereocenters. The normalized spacial score (nSPS) is 17.0. The Morgan fingerprint density at radius 3 is 2.76 bits per heavy atom.